The second-order valence-electron chi connectivity index (χ2n) is 38.7. The molecule has 9 atom stereocenters. The predicted molar refractivity (Wildman–Crippen MR) is 485 cm³/mol. The van der Waals surface area contributed by atoms with Crippen LogP contribution >= 0.6 is 0 Å². The molecule has 0 rings (SSSR count). The van der Waals surface area contributed by atoms with Crippen molar-refractivity contribution in [2.45, 2.75) is 431 Å². The smallest absolute Gasteiger partial charge is 0.0614 e. The van der Waals surface area contributed by atoms with Gasteiger partial charge in [-0.2, -0.15) is 0 Å². The van der Waals surface area contributed by atoms with Crippen molar-refractivity contribution in [3.8, 4) is 0 Å². The maximum absolute atomic E-state index is 9.19. The van der Waals surface area contributed by atoms with E-state index < -0.39 is 11.2 Å². The van der Waals surface area contributed by atoms with Crippen molar-refractivity contribution >= 4 is 0 Å². The van der Waals surface area contributed by atoms with Crippen molar-refractivity contribution in [1.82, 2.24) is 0 Å². The normalized spacial score (nSPS) is 13.6. The number of rotatable bonds is 34. The number of hydrogen-bond donors (Lipinski definition) is 15. The highest BCUT2D eigenvalue weighted by molar-refractivity contribution is 4.70. The second kappa shape index (κ2) is 98.0. The van der Waals surface area contributed by atoms with Crippen molar-refractivity contribution in [3.05, 3.63) is 0 Å². The molecule has 9 unspecified atom stereocenters. The van der Waals surface area contributed by atoms with Crippen LogP contribution in [0.2, 0.25) is 0 Å². The van der Waals surface area contributed by atoms with Crippen LogP contribution in [0.1, 0.15) is 395 Å². The zero-order valence-electron chi connectivity index (χ0n) is 82.6. The van der Waals surface area contributed by atoms with E-state index in [1.807, 2.05) is 96.9 Å². The molecule has 0 aliphatic heterocycles. The fourth-order valence-corrected chi connectivity index (χ4v) is 6.86. The molecule has 684 valence electrons. The van der Waals surface area contributed by atoms with Crippen molar-refractivity contribution < 1.29 is 76.6 Å². The molecule has 0 aromatic carbocycles. The average Bonchev–Trinajstić information content (AvgIpc) is 0.926. The molecule has 0 aliphatic carbocycles. The van der Waals surface area contributed by atoms with Crippen LogP contribution < -0.4 is 0 Å². The highest BCUT2D eigenvalue weighted by atomic mass is 16.3. The summed E-state index contributed by atoms with van der Waals surface area (Å²) in [5, 5.41) is 130. The third-order valence-electron chi connectivity index (χ3n) is 18.3. The molecule has 0 bridgehead atoms. The minimum atomic E-state index is -0.500. The Morgan fingerprint density at radius 1 is 0.284 bits per heavy atom. The van der Waals surface area contributed by atoms with Gasteiger partial charge in [0.1, 0.15) is 0 Å². The van der Waals surface area contributed by atoms with Gasteiger partial charge in [0.2, 0.25) is 0 Å². The lowest BCUT2D eigenvalue weighted by Gasteiger charge is -2.25. The molecule has 0 spiro atoms. The zero-order valence-corrected chi connectivity index (χ0v) is 82.6. The van der Waals surface area contributed by atoms with E-state index >= 15 is 0 Å². The van der Waals surface area contributed by atoms with Gasteiger partial charge in [-0.25, -0.2) is 0 Å². The van der Waals surface area contributed by atoms with Crippen molar-refractivity contribution in [3.63, 3.8) is 0 Å². The van der Waals surface area contributed by atoms with Gasteiger partial charge in [0.05, 0.1) is 35.6 Å². The molecule has 0 aromatic heterocycles. The molecule has 0 aliphatic rings. The molecule has 15 nitrogen and oxygen atoms in total. The SMILES string of the molecule is CC(C)C(C)(C)CO.CC(C)C(C)(C)O.CC(C)C(C)C(C)O.CC(C)C(C)CCO.CC(C)C(C)CO.CC(C)C(C)O.CC(C)CC(C)(C)O.CC(C)CC(C)CO.CC(C)CC(C)O.CC(C)CCC(C)O.CC(C)CCCCO.CC(C)CCCO.CC(C)CCO.CC(C)CO.CCC(CO)C(C)C. The number of aliphatic hydroxyl groups is 15. The van der Waals surface area contributed by atoms with Gasteiger partial charge < -0.3 is 76.6 Å². The molecule has 0 fully saturated rings. The highest BCUT2D eigenvalue weighted by Gasteiger charge is 2.20. The zero-order chi connectivity index (χ0) is 90.9. The number of hydrogen-bond acceptors (Lipinski definition) is 15. The molecule has 0 amide bonds. The topological polar surface area (TPSA) is 303 Å². The first kappa shape index (κ1) is 143. The van der Waals surface area contributed by atoms with Crippen LogP contribution in [-0.4, -0.2) is 172 Å². The Balaban J connectivity index is -0.0000000669. The summed E-state index contributed by atoms with van der Waals surface area (Å²) in [6, 6.07) is 0. The fourth-order valence-electron chi connectivity index (χ4n) is 6.86. The van der Waals surface area contributed by atoms with Gasteiger partial charge in [-0.3, -0.25) is 0 Å². The fraction of sp³-hybridized carbons (Fsp3) is 1.00. The molecule has 15 N–H and O–H groups in total. The van der Waals surface area contributed by atoms with Crippen LogP contribution in [0.5, 0.6) is 0 Å². The van der Waals surface area contributed by atoms with Crippen molar-refractivity contribution in [2.24, 2.45) is 124 Å². The first-order chi connectivity index (χ1) is 49.1. The maximum atomic E-state index is 9.19. The maximum Gasteiger partial charge on any atom is 0.0614 e. The molecule has 0 radical (unpaired) electrons. The summed E-state index contributed by atoms with van der Waals surface area (Å²) >= 11 is 0. The summed E-state index contributed by atoms with van der Waals surface area (Å²) in [5.74, 6) is 11.7. The van der Waals surface area contributed by atoms with Gasteiger partial charge in [0, 0.05) is 59.5 Å². The van der Waals surface area contributed by atoms with E-state index in [0.29, 0.717) is 148 Å². The Morgan fingerprint density at radius 2 is 0.633 bits per heavy atom. The van der Waals surface area contributed by atoms with E-state index in [-0.39, 0.29) is 36.4 Å². The lowest BCUT2D eigenvalue weighted by Crippen LogP contribution is -2.25. The molecule has 0 saturated carbocycles. The second-order valence-corrected chi connectivity index (χ2v) is 38.7. The monoisotopic (exact) mass is 1590 g/mol. The van der Waals surface area contributed by atoms with Crippen LogP contribution in [0.15, 0.2) is 0 Å². The third-order valence-corrected chi connectivity index (χ3v) is 18.3. The summed E-state index contributed by atoms with van der Waals surface area (Å²) in [6.45, 7) is 95.5. The Labute approximate surface area is 687 Å². The van der Waals surface area contributed by atoms with Crippen LogP contribution in [0.25, 0.3) is 0 Å². The van der Waals surface area contributed by atoms with Gasteiger partial charge in [-0.15, -0.1) is 0 Å². The lowest BCUT2D eigenvalue weighted by atomic mass is 9.82. The number of aliphatic hydroxyl groups excluding tert-OH is 13. The molecule has 0 aromatic rings. The lowest BCUT2D eigenvalue weighted by molar-refractivity contribution is 0.0327. The Kier molecular flexibility index (Phi) is 129. The van der Waals surface area contributed by atoms with E-state index in [4.69, 9.17) is 71.5 Å². The minimum Gasteiger partial charge on any atom is -0.396 e. The van der Waals surface area contributed by atoms with Crippen LogP contribution in [0.3, 0.4) is 0 Å². The van der Waals surface area contributed by atoms with Gasteiger partial charge >= 0.3 is 0 Å². The molecular weight excluding hydrogens is 1370 g/mol. The van der Waals surface area contributed by atoms with E-state index in [1.54, 1.807) is 6.92 Å². The third kappa shape index (κ3) is 180. The van der Waals surface area contributed by atoms with Crippen molar-refractivity contribution in [1.29, 1.82) is 0 Å². The number of unbranched alkanes of at least 4 members (excludes halogenated alkanes) is 1. The van der Waals surface area contributed by atoms with Gasteiger partial charge in [-0.1, -0.05) is 275 Å². The molecule has 109 heavy (non-hydrogen) atoms. The largest absolute Gasteiger partial charge is 0.396 e. The van der Waals surface area contributed by atoms with Gasteiger partial charge in [-0.05, 0) is 243 Å². The Morgan fingerprint density at radius 3 is 0.697 bits per heavy atom. The summed E-state index contributed by atoms with van der Waals surface area (Å²) in [5.41, 5.74) is -0.881. The first-order valence-corrected chi connectivity index (χ1v) is 43.8. The van der Waals surface area contributed by atoms with Crippen LogP contribution in [-0.2, 0) is 0 Å². The Bertz CT molecular complexity index is 1490. The highest BCUT2D eigenvalue weighted by Crippen LogP contribution is 2.24. The summed E-state index contributed by atoms with van der Waals surface area (Å²) in [4.78, 5) is 0. The summed E-state index contributed by atoms with van der Waals surface area (Å²) in [7, 11) is 0. The van der Waals surface area contributed by atoms with E-state index in [2.05, 4.69) is 208 Å². The molecule has 0 heterocycles. The van der Waals surface area contributed by atoms with Crippen LogP contribution in [0, 0.1) is 124 Å². The van der Waals surface area contributed by atoms with Crippen LogP contribution in [0.4, 0.5) is 0 Å². The van der Waals surface area contributed by atoms with E-state index in [0.717, 1.165) is 94.3 Å². The average molecular weight is 1590 g/mol. The van der Waals surface area contributed by atoms with E-state index in [1.165, 1.54) is 12.8 Å². The molecular formula is C94H218O15. The molecule has 15 heteroatoms. The van der Waals surface area contributed by atoms with Gasteiger partial charge in [0.15, 0.2) is 0 Å². The minimum absolute atomic E-state index is 0.0972. The van der Waals surface area contributed by atoms with Gasteiger partial charge in [0.25, 0.3) is 0 Å². The first-order valence-electron chi connectivity index (χ1n) is 43.8. The predicted octanol–water partition coefficient (Wildman–Crippen LogP) is 21.9. The summed E-state index contributed by atoms with van der Waals surface area (Å²) < 4.78 is 0. The van der Waals surface area contributed by atoms with Crippen molar-refractivity contribution in [2.75, 3.05) is 59.5 Å². The van der Waals surface area contributed by atoms with E-state index in [9.17, 15) is 5.11 Å². The summed E-state index contributed by atoms with van der Waals surface area (Å²) in [6.07, 6.45) is 12.9. The Hall–Kier alpha value is -0.600. The molecule has 0 saturated heterocycles. The quantitative estimate of drug-likeness (QED) is 0.0267. The standard InChI is InChI=1S/8C7H16O.4C6H14O.2C5H12O.C4H10O/c1-6(2)7(3,4)5-8;1-6(2)5-7(3,4)8;1-6(2)4-7(3)5-8;1-6(2)7(3)4-5-8;1-6(2)4-5-7(3)8;1-5(2)6(3)7(4)8;1-7(2)5-3-4-6-8;1-4-7(5-8)6(2)3;1-5(2)6(3,4)7;1-5(2)6(3)4-7;1-5(2)4-6(3)7;1-6(2)4-3-5-7;1-5(2)3-4-6;1-4(2)5(3)6;1-4(2)3-5/h2*6,8H,5H2,1-4H3;3*6-8H,4-5H2,1-3H3;5-8H,1-4H3;7-8H,3-6H2,1-2H3;6-8H,4-5H2,1-3H3;5,7H,1-4H3;2*5-7H,4H2,1-3H3;6-7H,3-5H2,1-2H3;5-6H,3-4H2,1-2H3;4-6H,1-3H3;4-5H,3H2,1-2H3.